The zero-order valence-electron chi connectivity index (χ0n) is 13.0. The monoisotopic (exact) mass is 309 g/mol. The molecule has 3 aromatic rings. The van der Waals surface area contributed by atoms with Crippen LogP contribution in [0.3, 0.4) is 0 Å². The van der Waals surface area contributed by atoms with Crippen LogP contribution >= 0.6 is 0 Å². The molecule has 0 aliphatic carbocycles. The maximum atomic E-state index is 11.9. The van der Waals surface area contributed by atoms with E-state index in [1.54, 1.807) is 12.4 Å². The Hall–Kier alpha value is -2.82. The third-order valence-electron chi connectivity index (χ3n) is 3.73. The summed E-state index contributed by atoms with van der Waals surface area (Å²) in [6.45, 7) is 0.603. The minimum absolute atomic E-state index is 0.0182. The number of hydrogen-bond acceptors (Lipinski definition) is 3. The molecule has 118 valence electrons. The first-order valence-corrected chi connectivity index (χ1v) is 7.56. The molecule has 0 saturated carbocycles. The van der Waals surface area contributed by atoms with Crippen molar-refractivity contribution < 1.29 is 9.53 Å². The molecule has 0 bridgehead atoms. The summed E-state index contributed by atoms with van der Waals surface area (Å²) >= 11 is 0. The molecule has 2 aromatic heterocycles. The molecule has 0 radical (unpaired) electrons. The molecule has 0 atom stereocenters. The minimum Gasteiger partial charge on any atom is -0.483 e. The lowest BCUT2D eigenvalue weighted by Gasteiger charge is -2.09. The largest absolute Gasteiger partial charge is 0.483 e. The normalized spacial score (nSPS) is 10.7. The van der Waals surface area contributed by atoms with Gasteiger partial charge in [0.1, 0.15) is 5.75 Å². The Balaban J connectivity index is 1.50. The number of hydrogen-bond donors (Lipinski definition) is 1. The summed E-state index contributed by atoms with van der Waals surface area (Å²) in [5.74, 6) is 0.611. The van der Waals surface area contributed by atoms with Gasteiger partial charge in [-0.15, -0.1) is 0 Å². The van der Waals surface area contributed by atoms with Gasteiger partial charge in [0.05, 0.1) is 5.52 Å². The molecule has 5 nitrogen and oxygen atoms in total. The fourth-order valence-electron chi connectivity index (χ4n) is 2.49. The second-order valence-electron chi connectivity index (χ2n) is 5.36. The van der Waals surface area contributed by atoms with Crippen molar-refractivity contribution >= 4 is 16.8 Å². The fraction of sp³-hybridized carbons (Fsp3) is 0.222. The van der Waals surface area contributed by atoms with Crippen molar-refractivity contribution in [1.29, 1.82) is 0 Å². The lowest BCUT2D eigenvalue weighted by Crippen LogP contribution is -2.30. The van der Waals surface area contributed by atoms with Crippen LogP contribution in [0.2, 0.25) is 0 Å². The zero-order valence-corrected chi connectivity index (χ0v) is 13.0. The number of amides is 1. The summed E-state index contributed by atoms with van der Waals surface area (Å²) in [6.07, 6.45) is 6.26. The van der Waals surface area contributed by atoms with Gasteiger partial charge in [0.2, 0.25) is 0 Å². The predicted molar refractivity (Wildman–Crippen MR) is 89.4 cm³/mol. The summed E-state index contributed by atoms with van der Waals surface area (Å²) in [6, 6.07) is 11.7. The number of ether oxygens (including phenoxy) is 1. The lowest BCUT2D eigenvalue weighted by atomic mass is 10.2. The molecule has 1 aromatic carbocycles. The molecule has 0 aliphatic rings. The number of carbonyl (C=O) groups is 1. The van der Waals surface area contributed by atoms with E-state index in [2.05, 4.69) is 10.3 Å². The summed E-state index contributed by atoms with van der Waals surface area (Å²) in [4.78, 5) is 15.9. The van der Waals surface area contributed by atoms with Crippen LogP contribution in [0, 0.1) is 0 Å². The van der Waals surface area contributed by atoms with Crippen molar-refractivity contribution in [2.24, 2.45) is 7.05 Å². The Kier molecular flexibility index (Phi) is 4.57. The van der Waals surface area contributed by atoms with Crippen LogP contribution in [0.1, 0.15) is 5.56 Å². The second kappa shape index (κ2) is 6.96. The number of aryl methyl sites for hydroxylation is 1. The first-order chi connectivity index (χ1) is 11.2. The fourth-order valence-corrected chi connectivity index (χ4v) is 2.49. The Morgan fingerprint density at radius 1 is 1.22 bits per heavy atom. The number of benzene rings is 1. The molecule has 0 fully saturated rings. The number of nitrogens with one attached hydrogen (secondary N) is 1. The lowest BCUT2D eigenvalue weighted by molar-refractivity contribution is -0.123. The van der Waals surface area contributed by atoms with Gasteiger partial charge in [0.25, 0.3) is 5.91 Å². The van der Waals surface area contributed by atoms with Crippen LogP contribution in [0.4, 0.5) is 0 Å². The number of rotatable bonds is 6. The summed E-state index contributed by atoms with van der Waals surface area (Å²) in [7, 11) is 1.98. The molecule has 5 heteroatoms. The number of aromatic nitrogens is 2. The van der Waals surface area contributed by atoms with E-state index in [0.717, 1.165) is 28.6 Å². The zero-order chi connectivity index (χ0) is 16.1. The van der Waals surface area contributed by atoms with Crippen LogP contribution in [0.5, 0.6) is 5.75 Å². The van der Waals surface area contributed by atoms with Crippen molar-refractivity contribution in [3.63, 3.8) is 0 Å². The van der Waals surface area contributed by atoms with Gasteiger partial charge >= 0.3 is 0 Å². The van der Waals surface area contributed by atoms with Crippen molar-refractivity contribution in [3.05, 3.63) is 60.6 Å². The summed E-state index contributed by atoms with van der Waals surface area (Å²) < 4.78 is 7.69. The Labute approximate surface area is 134 Å². The van der Waals surface area contributed by atoms with Crippen LogP contribution < -0.4 is 10.1 Å². The highest BCUT2D eigenvalue weighted by atomic mass is 16.5. The van der Waals surface area contributed by atoms with Crippen LogP contribution in [0.15, 0.2) is 55.0 Å². The van der Waals surface area contributed by atoms with Gasteiger partial charge in [-0.1, -0.05) is 6.07 Å². The van der Waals surface area contributed by atoms with Crippen molar-refractivity contribution in [3.8, 4) is 5.75 Å². The molecule has 0 saturated heterocycles. The highest BCUT2D eigenvalue weighted by molar-refractivity contribution is 5.87. The number of pyridine rings is 1. The molecule has 0 spiro atoms. The van der Waals surface area contributed by atoms with E-state index >= 15 is 0 Å². The van der Waals surface area contributed by atoms with E-state index in [1.807, 2.05) is 54.2 Å². The van der Waals surface area contributed by atoms with Crippen LogP contribution in [-0.4, -0.2) is 28.6 Å². The Bertz CT molecular complexity index is 796. The number of nitrogens with zero attached hydrogens (tertiary/aromatic N) is 2. The standard InChI is InChI=1S/C18H19N3O2/c1-21-12-8-15-16(21)3-2-4-17(15)23-13-18(22)20-11-7-14-5-9-19-10-6-14/h2-6,8-10,12H,7,11,13H2,1H3,(H,20,22). The summed E-state index contributed by atoms with van der Waals surface area (Å²) in [5, 5.41) is 3.88. The SMILES string of the molecule is Cn1ccc2c(OCC(=O)NCCc3ccncc3)cccc21. The number of fused-ring (bicyclic) bond motifs is 1. The van der Waals surface area contributed by atoms with Gasteiger partial charge in [-0.25, -0.2) is 0 Å². The molecular formula is C18H19N3O2. The molecule has 0 unspecified atom stereocenters. The van der Waals surface area contributed by atoms with Gasteiger partial charge in [-0.05, 0) is 42.3 Å². The van der Waals surface area contributed by atoms with E-state index in [0.29, 0.717) is 6.54 Å². The molecular weight excluding hydrogens is 290 g/mol. The quantitative estimate of drug-likeness (QED) is 0.760. The van der Waals surface area contributed by atoms with Crippen LogP contribution in [-0.2, 0) is 18.3 Å². The Morgan fingerprint density at radius 3 is 2.87 bits per heavy atom. The van der Waals surface area contributed by atoms with E-state index in [4.69, 9.17) is 4.74 Å². The van der Waals surface area contributed by atoms with E-state index in [-0.39, 0.29) is 12.5 Å². The third-order valence-corrected chi connectivity index (χ3v) is 3.73. The van der Waals surface area contributed by atoms with Gasteiger partial charge < -0.3 is 14.6 Å². The summed E-state index contributed by atoms with van der Waals surface area (Å²) in [5.41, 5.74) is 2.23. The van der Waals surface area contributed by atoms with E-state index < -0.39 is 0 Å². The van der Waals surface area contributed by atoms with Crippen molar-refractivity contribution in [2.75, 3.05) is 13.2 Å². The van der Waals surface area contributed by atoms with Gasteiger partial charge in [-0.2, -0.15) is 0 Å². The molecule has 1 amide bonds. The van der Waals surface area contributed by atoms with Gasteiger partial charge in [-0.3, -0.25) is 9.78 Å². The highest BCUT2D eigenvalue weighted by Gasteiger charge is 2.07. The maximum absolute atomic E-state index is 11.9. The second-order valence-corrected chi connectivity index (χ2v) is 5.36. The first-order valence-electron chi connectivity index (χ1n) is 7.56. The average molecular weight is 309 g/mol. The predicted octanol–water partition coefficient (Wildman–Crippen LogP) is 2.31. The van der Waals surface area contributed by atoms with Gasteiger partial charge in [0.15, 0.2) is 6.61 Å². The molecule has 1 N–H and O–H groups in total. The minimum atomic E-state index is -0.119. The number of carbonyl (C=O) groups excluding carboxylic acids is 1. The smallest absolute Gasteiger partial charge is 0.257 e. The topological polar surface area (TPSA) is 56.1 Å². The third kappa shape index (κ3) is 3.69. The average Bonchev–Trinajstić information content (AvgIpc) is 2.96. The van der Waals surface area contributed by atoms with E-state index in [9.17, 15) is 4.79 Å². The van der Waals surface area contributed by atoms with E-state index in [1.165, 1.54) is 0 Å². The first kappa shape index (κ1) is 15.1. The van der Waals surface area contributed by atoms with Crippen molar-refractivity contribution in [2.45, 2.75) is 6.42 Å². The highest BCUT2D eigenvalue weighted by Crippen LogP contribution is 2.25. The Morgan fingerprint density at radius 2 is 2.04 bits per heavy atom. The molecule has 2 heterocycles. The van der Waals surface area contributed by atoms with Gasteiger partial charge in [0, 0.05) is 37.6 Å². The maximum Gasteiger partial charge on any atom is 0.257 e. The molecule has 0 aliphatic heterocycles. The van der Waals surface area contributed by atoms with Crippen LogP contribution in [0.25, 0.3) is 10.9 Å². The molecule has 23 heavy (non-hydrogen) atoms. The molecule has 3 rings (SSSR count). The van der Waals surface area contributed by atoms with Crippen molar-refractivity contribution in [1.82, 2.24) is 14.9 Å².